The number of nitriles is 1. The van der Waals surface area contributed by atoms with Gasteiger partial charge in [-0.1, -0.05) is 35.9 Å². The van der Waals surface area contributed by atoms with E-state index in [9.17, 15) is 14.9 Å². The normalized spacial score (nSPS) is 17.9. The van der Waals surface area contributed by atoms with Crippen LogP contribution in [0.3, 0.4) is 0 Å². The Morgan fingerprint density at radius 3 is 2.44 bits per heavy atom. The second kappa shape index (κ2) is 22.3. The van der Waals surface area contributed by atoms with E-state index in [1.807, 2.05) is 32.9 Å². The Bertz CT molecular complexity index is 2280. The number of ether oxygens (including phenoxy) is 5. The van der Waals surface area contributed by atoms with E-state index in [1.54, 1.807) is 17.0 Å². The van der Waals surface area contributed by atoms with E-state index in [0.29, 0.717) is 104 Å². The van der Waals surface area contributed by atoms with Gasteiger partial charge in [-0.25, -0.2) is 4.79 Å². The molecule has 64 heavy (non-hydrogen) atoms. The number of aromatic nitrogens is 2. The van der Waals surface area contributed by atoms with Gasteiger partial charge in [0.15, 0.2) is 0 Å². The quantitative estimate of drug-likeness (QED) is 0.0693. The summed E-state index contributed by atoms with van der Waals surface area (Å²) in [6.07, 6.45) is 4.23. The SMILES string of the molecule is CC(C)(C)OC(=O)N1CCN(c2nc(OC[C@@H]3CCCN3CCCOCCOCCOc3c(Br)cc(C=O)cc3Br)nc3c2CCN(c2cccc4cccc(Cl)c24)C3)C[C@@H]1CC#N. The van der Waals surface area contributed by atoms with Gasteiger partial charge in [0, 0.05) is 67.6 Å². The van der Waals surface area contributed by atoms with Crippen molar-refractivity contribution in [2.75, 3.05) is 88.7 Å². The first kappa shape index (κ1) is 47.7. The highest BCUT2D eigenvalue weighted by Gasteiger charge is 2.36. The number of anilines is 2. The van der Waals surface area contributed by atoms with Crippen molar-refractivity contribution in [3.8, 4) is 17.8 Å². The Kier molecular flexibility index (Phi) is 16.6. The van der Waals surface area contributed by atoms with Crippen LogP contribution < -0.4 is 19.3 Å². The summed E-state index contributed by atoms with van der Waals surface area (Å²) in [5, 5.41) is 12.6. The van der Waals surface area contributed by atoms with E-state index in [0.717, 1.165) is 78.7 Å². The number of fused-ring (bicyclic) bond motifs is 2. The number of piperazine rings is 1. The van der Waals surface area contributed by atoms with E-state index in [2.05, 4.69) is 76.9 Å². The number of carbonyl (C=O) groups is 2. The maximum absolute atomic E-state index is 13.3. The molecule has 0 aliphatic carbocycles. The highest BCUT2D eigenvalue weighted by atomic mass is 79.9. The first-order chi connectivity index (χ1) is 30.9. The van der Waals surface area contributed by atoms with Crippen molar-refractivity contribution < 1.29 is 33.3 Å². The summed E-state index contributed by atoms with van der Waals surface area (Å²) < 4.78 is 31.1. The number of benzene rings is 3. The fourth-order valence-electron chi connectivity index (χ4n) is 8.58. The average Bonchev–Trinajstić information content (AvgIpc) is 3.73. The van der Waals surface area contributed by atoms with Crippen LogP contribution in [0.4, 0.5) is 16.3 Å². The standard InChI is InChI=1S/C47H56Br2ClN7O7/c1-47(2,3)64-46(59)57-20-19-56(28-34(57)13-15-51)44-36-14-18-55(41-12-5-9-33-8-4-11-39(50)42(33)41)29-40(36)52-45(53-44)63-31-35-10-6-16-54(35)17-7-21-60-22-23-61-24-25-62-43-37(48)26-32(30-58)27-38(43)49/h4-5,8-9,11-12,26-27,30,34-35H,6-7,10,13-14,16-25,28-29,31H2,1-3H3/t34-,35-/m0/s1. The molecule has 0 spiro atoms. The van der Waals surface area contributed by atoms with Crippen molar-refractivity contribution in [2.45, 2.75) is 77.1 Å². The lowest BCUT2D eigenvalue weighted by molar-refractivity contribution is 0.0144. The summed E-state index contributed by atoms with van der Waals surface area (Å²) in [7, 11) is 0. The van der Waals surface area contributed by atoms with Gasteiger partial charge < -0.3 is 38.4 Å². The van der Waals surface area contributed by atoms with Crippen molar-refractivity contribution >= 4 is 78.1 Å². The molecule has 0 saturated carbocycles. The number of amides is 1. The molecule has 1 aromatic heterocycles. The summed E-state index contributed by atoms with van der Waals surface area (Å²) in [6, 6.07) is 18.1. The van der Waals surface area contributed by atoms with Crippen molar-refractivity contribution in [1.82, 2.24) is 19.8 Å². The van der Waals surface area contributed by atoms with Crippen LogP contribution in [-0.2, 0) is 27.2 Å². The van der Waals surface area contributed by atoms with Gasteiger partial charge in [-0.05, 0) is 115 Å². The van der Waals surface area contributed by atoms with E-state index < -0.39 is 11.7 Å². The van der Waals surface area contributed by atoms with Crippen LogP contribution >= 0.6 is 43.5 Å². The van der Waals surface area contributed by atoms with Crippen molar-refractivity contribution in [3.63, 3.8) is 0 Å². The fourth-order valence-corrected chi connectivity index (χ4v) is 10.3. The van der Waals surface area contributed by atoms with Crippen molar-refractivity contribution in [1.29, 1.82) is 5.26 Å². The molecule has 4 heterocycles. The molecule has 3 aromatic carbocycles. The maximum Gasteiger partial charge on any atom is 0.410 e. The van der Waals surface area contributed by atoms with Crippen LogP contribution in [0, 0.1) is 11.3 Å². The van der Waals surface area contributed by atoms with Crippen LogP contribution in [0.15, 0.2) is 57.5 Å². The van der Waals surface area contributed by atoms with E-state index in [1.165, 1.54) is 0 Å². The second-order valence-corrected chi connectivity index (χ2v) is 19.3. The van der Waals surface area contributed by atoms with Crippen LogP contribution in [-0.4, -0.2) is 129 Å². The van der Waals surface area contributed by atoms with Gasteiger partial charge >= 0.3 is 12.1 Å². The fraction of sp³-hybridized carbons (Fsp3) is 0.511. The maximum atomic E-state index is 13.3. The molecule has 4 aromatic rings. The van der Waals surface area contributed by atoms with Gasteiger partial charge in [-0.3, -0.25) is 9.69 Å². The molecule has 3 aliphatic rings. The first-order valence-electron chi connectivity index (χ1n) is 21.9. The minimum absolute atomic E-state index is 0.173. The molecule has 342 valence electrons. The van der Waals surface area contributed by atoms with Crippen LogP contribution in [0.1, 0.15) is 68.1 Å². The lowest BCUT2D eigenvalue weighted by Crippen LogP contribution is -2.56. The topological polar surface area (TPSA) is 143 Å². The van der Waals surface area contributed by atoms with Crippen LogP contribution in [0.25, 0.3) is 10.8 Å². The van der Waals surface area contributed by atoms with Gasteiger partial charge in [0.05, 0.1) is 64.6 Å². The Hall–Kier alpha value is -4.24. The van der Waals surface area contributed by atoms with Crippen LogP contribution in [0.2, 0.25) is 5.02 Å². The minimum atomic E-state index is -0.648. The molecule has 0 radical (unpaired) electrons. The number of hydrogen-bond donors (Lipinski definition) is 0. The number of hydrogen-bond acceptors (Lipinski definition) is 13. The highest BCUT2D eigenvalue weighted by molar-refractivity contribution is 9.11. The van der Waals surface area contributed by atoms with Crippen molar-refractivity contribution in [3.05, 3.63) is 79.3 Å². The Labute approximate surface area is 397 Å². The molecule has 1 amide bonds. The number of nitrogens with zero attached hydrogens (tertiary/aromatic N) is 7. The molecular weight excluding hydrogens is 970 g/mol. The first-order valence-corrected chi connectivity index (χ1v) is 23.9. The second-order valence-electron chi connectivity index (χ2n) is 17.2. The largest absolute Gasteiger partial charge is 0.489 e. The monoisotopic (exact) mass is 1020 g/mol. The number of halogens is 3. The number of rotatable bonds is 18. The number of likely N-dealkylation sites (tertiary alicyclic amines) is 1. The van der Waals surface area contributed by atoms with Gasteiger partial charge in [-0.2, -0.15) is 15.2 Å². The molecule has 2 atom stereocenters. The molecule has 0 unspecified atom stereocenters. The zero-order valence-corrected chi connectivity index (χ0v) is 40.6. The number of aldehydes is 1. The van der Waals surface area contributed by atoms with E-state index in [4.69, 9.17) is 45.3 Å². The molecule has 2 saturated heterocycles. The summed E-state index contributed by atoms with van der Waals surface area (Å²) in [5.74, 6) is 1.43. The van der Waals surface area contributed by atoms with E-state index >= 15 is 0 Å². The van der Waals surface area contributed by atoms with Gasteiger partial charge in [0.2, 0.25) is 0 Å². The summed E-state index contributed by atoms with van der Waals surface area (Å²) in [5.41, 5.74) is 2.91. The molecule has 17 heteroatoms. The molecule has 14 nitrogen and oxygen atoms in total. The third kappa shape index (κ3) is 12.1. The predicted octanol–water partition coefficient (Wildman–Crippen LogP) is 8.87. The zero-order chi connectivity index (χ0) is 45.2. The molecular formula is C47H56Br2ClN7O7. The summed E-state index contributed by atoms with van der Waals surface area (Å²) >= 11 is 13.7. The van der Waals surface area contributed by atoms with Gasteiger partial charge in [0.25, 0.3) is 0 Å². The Balaban J connectivity index is 0.963. The lowest BCUT2D eigenvalue weighted by atomic mass is 10.0. The molecule has 0 bridgehead atoms. The molecule has 3 aliphatic heterocycles. The van der Waals surface area contributed by atoms with Crippen LogP contribution in [0.5, 0.6) is 11.8 Å². The minimum Gasteiger partial charge on any atom is -0.489 e. The molecule has 7 rings (SSSR count). The molecule has 0 N–H and O–H groups in total. The lowest BCUT2D eigenvalue weighted by Gasteiger charge is -2.42. The van der Waals surface area contributed by atoms with Gasteiger partial charge in [-0.15, -0.1) is 0 Å². The summed E-state index contributed by atoms with van der Waals surface area (Å²) in [6.45, 7) is 12.9. The van der Waals surface area contributed by atoms with Gasteiger partial charge in [0.1, 0.15) is 36.7 Å². The third-order valence-corrected chi connectivity index (χ3v) is 13.1. The average molecular weight is 1030 g/mol. The predicted molar refractivity (Wildman–Crippen MR) is 254 cm³/mol. The number of carbonyl (C=O) groups excluding carboxylic acids is 2. The summed E-state index contributed by atoms with van der Waals surface area (Å²) in [4.78, 5) is 43.2. The van der Waals surface area contributed by atoms with E-state index in [-0.39, 0.29) is 18.5 Å². The Morgan fingerprint density at radius 1 is 0.938 bits per heavy atom. The third-order valence-electron chi connectivity index (χ3n) is 11.6. The Morgan fingerprint density at radius 2 is 1.69 bits per heavy atom. The van der Waals surface area contributed by atoms with Crippen molar-refractivity contribution in [2.24, 2.45) is 0 Å². The molecule has 2 fully saturated rings. The highest BCUT2D eigenvalue weighted by Crippen LogP contribution is 2.38. The zero-order valence-electron chi connectivity index (χ0n) is 36.7. The smallest absolute Gasteiger partial charge is 0.410 e.